The van der Waals surface area contributed by atoms with E-state index in [1.807, 2.05) is 62.4 Å². The van der Waals surface area contributed by atoms with E-state index in [2.05, 4.69) is 0 Å². The minimum absolute atomic E-state index is 0.270. The van der Waals surface area contributed by atoms with Crippen LogP contribution in [0, 0.1) is 13.8 Å². The Hall–Kier alpha value is -1.80. The lowest BCUT2D eigenvalue weighted by Crippen LogP contribution is -2.09. The third-order valence-corrected chi connectivity index (χ3v) is 2.89. The highest BCUT2D eigenvalue weighted by Gasteiger charge is 2.07. The lowest BCUT2D eigenvalue weighted by molar-refractivity contribution is 0.108. The van der Waals surface area contributed by atoms with Gasteiger partial charge in [-0.25, -0.2) is 0 Å². The molecule has 0 bridgehead atoms. The van der Waals surface area contributed by atoms with Crippen molar-refractivity contribution in [3.63, 3.8) is 0 Å². The molecule has 18 heavy (non-hydrogen) atoms. The molecule has 1 atom stereocenters. The molecule has 0 spiro atoms. The van der Waals surface area contributed by atoms with Crippen LogP contribution in [0.2, 0.25) is 0 Å². The van der Waals surface area contributed by atoms with Crippen LogP contribution in [0.4, 0.5) is 0 Å². The van der Waals surface area contributed by atoms with E-state index in [9.17, 15) is 5.11 Å². The van der Waals surface area contributed by atoms with Gasteiger partial charge in [-0.2, -0.15) is 0 Å². The van der Waals surface area contributed by atoms with Gasteiger partial charge >= 0.3 is 0 Å². The second-order valence-electron chi connectivity index (χ2n) is 4.55. The van der Waals surface area contributed by atoms with Gasteiger partial charge in [-0.3, -0.25) is 0 Å². The number of hydrogen-bond donors (Lipinski definition) is 1. The van der Waals surface area contributed by atoms with Crippen LogP contribution in [0.3, 0.4) is 0 Å². The van der Waals surface area contributed by atoms with Crippen molar-refractivity contribution in [1.29, 1.82) is 0 Å². The highest BCUT2D eigenvalue weighted by molar-refractivity contribution is 5.27. The second kappa shape index (κ2) is 5.69. The highest BCUT2D eigenvalue weighted by atomic mass is 16.5. The van der Waals surface area contributed by atoms with E-state index in [1.165, 1.54) is 11.1 Å². The van der Waals surface area contributed by atoms with Gasteiger partial charge in [-0.15, -0.1) is 0 Å². The molecule has 0 heterocycles. The first-order chi connectivity index (χ1) is 8.65. The molecule has 2 aromatic rings. The lowest BCUT2D eigenvalue weighted by Gasteiger charge is -2.13. The Morgan fingerprint density at radius 2 is 1.39 bits per heavy atom. The predicted octanol–water partition coefficient (Wildman–Crippen LogP) is 3.42. The molecule has 0 aromatic heterocycles. The average Bonchev–Trinajstić information content (AvgIpc) is 2.38. The van der Waals surface area contributed by atoms with Crippen LogP contribution in [-0.2, 0) is 0 Å². The van der Waals surface area contributed by atoms with Crippen LogP contribution in [-0.4, -0.2) is 11.7 Å². The SMILES string of the molecule is Cc1ccc(OCC(O)c2ccc(C)cc2)cc1. The summed E-state index contributed by atoms with van der Waals surface area (Å²) in [6.07, 6.45) is -0.591. The number of ether oxygens (including phenoxy) is 1. The largest absolute Gasteiger partial charge is 0.491 e. The maximum atomic E-state index is 10.0. The maximum Gasteiger partial charge on any atom is 0.119 e. The minimum atomic E-state index is -0.591. The zero-order chi connectivity index (χ0) is 13.0. The Labute approximate surface area is 108 Å². The second-order valence-corrected chi connectivity index (χ2v) is 4.55. The smallest absolute Gasteiger partial charge is 0.119 e. The molecule has 0 saturated heterocycles. The minimum Gasteiger partial charge on any atom is -0.491 e. The summed E-state index contributed by atoms with van der Waals surface area (Å²) in [7, 11) is 0. The molecular weight excluding hydrogens is 224 g/mol. The van der Waals surface area contributed by atoms with Gasteiger partial charge < -0.3 is 9.84 Å². The summed E-state index contributed by atoms with van der Waals surface area (Å²) in [6.45, 7) is 4.33. The van der Waals surface area contributed by atoms with E-state index >= 15 is 0 Å². The molecule has 2 heteroatoms. The fourth-order valence-electron chi connectivity index (χ4n) is 1.69. The average molecular weight is 242 g/mol. The normalized spacial score (nSPS) is 12.2. The monoisotopic (exact) mass is 242 g/mol. The summed E-state index contributed by atoms with van der Waals surface area (Å²) in [5.41, 5.74) is 3.26. The first-order valence-electron chi connectivity index (χ1n) is 6.09. The van der Waals surface area contributed by atoms with E-state index < -0.39 is 6.10 Å². The number of hydrogen-bond acceptors (Lipinski definition) is 2. The number of aliphatic hydroxyl groups excluding tert-OH is 1. The van der Waals surface area contributed by atoms with Gasteiger partial charge in [0, 0.05) is 0 Å². The summed E-state index contributed by atoms with van der Waals surface area (Å²) < 4.78 is 5.56. The number of aliphatic hydroxyl groups is 1. The molecule has 94 valence electrons. The topological polar surface area (TPSA) is 29.5 Å². The fraction of sp³-hybridized carbons (Fsp3) is 0.250. The number of aryl methyl sites for hydroxylation is 2. The van der Waals surface area contributed by atoms with Crippen molar-refractivity contribution in [1.82, 2.24) is 0 Å². The Morgan fingerprint density at radius 1 is 0.889 bits per heavy atom. The molecule has 2 rings (SSSR count). The molecule has 0 radical (unpaired) electrons. The molecule has 1 unspecified atom stereocenters. The quantitative estimate of drug-likeness (QED) is 0.890. The molecule has 2 nitrogen and oxygen atoms in total. The van der Waals surface area contributed by atoms with Gasteiger partial charge in [0.2, 0.25) is 0 Å². The van der Waals surface area contributed by atoms with E-state index in [1.54, 1.807) is 0 Å². The molecule has 0 fully saturated rings. The Kier molecular flexibility index (Phi) is 4.00. The van der Waals surface area contributed by atoms with Crippen molar-refractivity contribution in [3.05, 3.63) is 65.2 Å². The van der Waals surface area contributed by atoms with Gasteiger partial charge in [0.05, 0.1) is 0 Å². The van der Waals surface area contributed by atoms with Crippen molar-refractivity contribution in [2.45, 2.75) is 20.0 Å². The van der Waals surface area contributed by atoms with Crippen molar-refractivity contribution >= 4 is 0 Å². The van der Waals surface area contributed by atoms with Crippen LogP contribution < -0.4 is 4.74 Å². The van der Waals surface area contributed by atoms with Crippen LogP contribution >= 0.6 is 0 Å². The first-order valence-corrected chi connectivity index (χ1v) is 6.09. The van der Waals surface area contributed by atoms with Crippen LogP contribution in [0.25, 0.3) is 0 Å². The number of rotatable bonds is 4. The van der Waals surface area contributed by atoms with Crippen molar-refractivity contribution in [2.24, 2.45) is 0 Å². The Morgan fingerprint density at radius 3 is 1.94 bits per heavy atom. The molecule has 1 N–H and O–H groups in total. The summed E-state index contributed by atoms with van der Waals surface area (Å²) in [5, 5.41) is 10.0. The van der Waals surface area contributed by atoms with E-state index in [-0.39, 0.29) is 6.61 Å². The first kappa shape index (κ1) is 12.7. The van der Waals surface area contributed by atoms with Crippen LogP contribution in [0.15, 0.2) is 48.5 Å². The molecule has 0 aliphatic rings. The zero-order valence-corrected chi connectivity index (χ0v) is 10.8. The maximum absolute atomic E-state index is 10.0. The van der Waals surface area contributed by atoms with Gasteiger partial charge in [-0.05, 0) is 31.5 Å². The van der Waals surface area contributed by atoms with Crippen LogP contribution in [0.5, 0.6) is 5.75 Å². The van der Waals surface area contributed by atoms with Gasteiger partial charge in [-0.1, -0.05) is 47.5 Å². The Balaban J connectivity index is 1.93. The summed E-state index contributed by atoms with van der Waals surface area (Å²) in [4.78, 5) is 0. The summed E-state index contributed by atoms with van der Waals surface area (Å²) in [6, 6.07) is 15.7. The number of benzene rings is 2. The standard InChI is InChI=1S/C16H18O2/c1-12-3-7-14(8-4-12)16(17)11-18-15-9-5-13(2)6-10-15/h3-10,16-17H,11H2,1-2H3. The molecule has 0 amide bonds. The molecule has 0 aliphatic carbocycles. The van der Waals surface area contributed by atoms with Gasteiger partial charge in [0.15, 0.2) is 0 Å². The third kappa shape index (κ3) is 3.34. The van der Waals surface area contributed by atoms with Crippen molar-refractivity contribution in [3.8, 4) is 5.75 Å². The molecule has 0 aliphatic heterocycles. The van der Waals surface area contributed by atoms with E-state index in [4.69, 9.17) is 4.74 Å². The van der Waals surface area contributed by atoms with Crippen molar-refractivity contribution < 1.29 is 9.84 Å². The van der Waals surface area contributed by atoms with Gasteiger partial charge in [0.1, 0.15) is 18.5 Å². The molecular formula is C16H18O2. The van der Waals surface area contributed by atoms with Gasteiger partial charge in [0.25, 0.3) is 0 Å². The fourth-order valence-corrected chi connectivity index (χ4v) is 1.69. The summed E-state index contributed by atoms with van der Waals surface area (Å²) in [5.74, 6) is 0.784. The van der Waals surface area contributed by atoms with E-state index in [0.717, 1.165) is 11.3 Å². The van der Waals surface area contributed by atoms with Crippen LogP contribution in [0.1, 0.15) is 22.8 Å². The van der Waals surface area contributed by atoms with Crippen molar-refractivity contribution in [2.75, 3.05) is 6.61 Å². The van der Waals surface area contributed by atoms with E-state index in [0.29, 0.717) is 0 Å². The Bertz CT molecular complexity index is 486. The lowest BCUT2D eigenvalue weighted by atomic mass is 10.1. The highest BCUT2D eigenvalue weighted by Crippen LogP contribution is 2.17. The molecule has 2 aromatic carbocycles. The third-order valence-electron chi connectivity index (χ3n) is 2.89. The zero-order valence-electron chi connectivity index (χ0n) is 10.8. The molecule has 0 saturated carbocycles. The summed E-state index contributed by atoms with van der Waals surface area (Å²) >= 11 is 0. The predicted molar refractivity (Wildman–Crippen MR) is 72.8 cm³/mol.